The van der Waals surface area contributed by atoms with E-state index in [1.54, 1.807) is 29.3 Å². The fraction of sp³-hybridized carbons (Fsp3) is 0.320. The molecule has 1 aliphatic heterocycles. The summed E-state index contributed by atoms with van der Waals surface area (Å²) in [6.45, 7) is 7.71. The Labute approximate surface area is 188 Å². The maximum atomic E-state index is 12.5. The Hall–Kier alpha value is -3.29. The summed E-state index contributed by atoms with van der Waals surface area (Å²) in [5.74, 6) is -0.186. The first-order valence-corrected chi connectivity index (χ1v) is 10.8. The van der Waals surface area contributed by atoms with Gasteiger partial charge in [0.15, 0.2) is 0 Å². The molecule has 0 aliphatic carbocycles. The summed E-state index contributed by atoms with van der Waals surface area (Å²) in [5.41, 5.74) is 4.70. The largest absolute Gasteiger partial charge is 0.373 e. The van der Waals surface area contributed by atoms with Crippen LogP contribution in [0.4, 0.5) is 5.69 Å². The molecular formula is C25H29N5O2. The smallest absolute Gasteiger partial charge is 0.248 e. The number of hydrogen-bond donors (Lipinski definition) is 1. The molecular weight excluding hydrogens is 402 g/mol. The zero-order valence-corrected chi connectivity index (χ0v) is 18.8. The van der Waals surface area contributed by atoms with E-state index < -0.39 is 0 Å². The third-order valence-corrected chi connectivity index (χ3v) is 5.41. The number of benzene rings is 1. The number of hydrogen-bond acceptors (Lipinski definition) is 5. The van der Waals surface area contributed by atoms with Crippen molar-refractivity contribution in [1.82, 2.24) is 19.7 Å². The van der Waals surface area contributed by atoms with E-state index in [4.69, 9.17) is 4.74 Å². The molecule has 1 saturated heterocycles. The molecule has 0 spiro atoms. The van der Waals surface area contributed by atoms with Crippen LogP contribution in [-0.2, 0) is 23.1 Å². The number of morpholine rings is 1. The van der Waals surface area contributed by atoms with Crippen molar-refractivity contribution in [2.45, 2.75) is 26.0 Å². The van der Waals surface area contributed by atoms with Gasteiger partial charge < -0.3 is 10.1 Å². The van der Waals surface area contributed by atoms with Crippen LogP contribution in [-0.4, -0.2) is 50.9 Å². The zero-order chi connectivity index (χ0) is 22.6. The van der Waals surface area contributed by atoms with Crippen LogP contribution >= 0.6 is 0 Å². The second kappa shape index (κ2) is 9.46. The lowest BCUT2D eigenvalue weighted by Crippen LogP contribution is -2.47. The van der Waals surface area contributed by atoms with Crippen molar-refractivity contribution in [3.8, 4) is 11.1 Å². The van der Waals surface area contributed by atoms with Gasteiger partial charge in [-0.3, -0.25) is 19.4 Å². The lowest BCUT2D eigenvalue weighted by molar-refractivity contribution is -0.111. The van der Waals surface area contributed by atoms with Crippen LogP contribution in [0.1, 0.15) is 25.0 Å². The highest BCUT2D eigenvalue weighted by Gasteiger charge is 2.26. The van der Waals surface area contributed by atoms with Crippen molar-refractivity contribution in [2.75, 3.05) is 25.0 Å². The van der Waals surface area contributed by atoms with E-state index in [1.165, 1.54) is 11.6 Å². The lowest BCUT2D eigenvalue weighted by Gasteiger charge is -2.38. The number of carbonyl (C=O) groups is 1. The van der Waals surface area contributed by atoms with Crippen LogP contribution in [0.5, 0.6) is 0 Å². The minimum Gasteiger partial charge on any atom is -0.373 e. The minimum atomic E-state index is -0.186. The van der Waals surface area contributed by atoms with Crippen molar-refractivity contribution in [3.63, 3.8) is 0 Å². The number of ether oxygens (including phenoxy) is 1. The standard InChI is InChI=1S/C25H29N5O2/c1-25(2)18-30(12-13-32-25)16-19-4-7-22(8-5-19)28-24(31)9-6-20-14-26-11-10-23(20)21-15-27-29(3)17-21/h4-11,14-15,17H,12-13,16,18H2,1-3H3,(H,28,31). The van der Waals surface area contributed by atoms with Gasteiger partial charge in [0.25, 0.3) is 0 Å². The average Bonchev–Trinajstić information content (AvgIpc) is 3.19. The highest BCUT2D eigenvalue weighted by Crippen LogP contribution is 2.23. The van der Waals surface area contributed by atoms with Crippen molar-refractivity contribution < 1.29 is 9.53 Å². The predicted octanol–water partition coefficient (Wildman–Crippen LogP) is 3.74. The van der Waals surface area contributed by atoms with E-state index in [0.29, 0.717) is 0 Å². The number of rotatable bonds is 6. The Morgan fingerprint density at radius 1 is 1.22 bits per heavy atom. The van der Waals surface area contributed by atoms with Gasteiger partial charge in [-0.15, -0.1) is 0 Å². The van der Waals surface area contributed by atoms with Crippen LogP contribution in [0, 0.1) is 0 Å². The molecule has 0 atom stereocenters. The fourth-order valence-electron chi connectivity index (χ4n) is 3.91. The first kappa shape index (κ1) is 21.9. The molecule has 0 bridgehead atoms. The SMILES string of the molecule is Cn1cc(-c2ccncc2C=CC(=O)Nc2ccc(CN3CCOC(C)(C)C3)cc2)cn1. The number of carbonyl (C=O) groups excluding carboxylic acids is 1. The number of aryl methyl sites for hydroxylation is 1. The third-order valence-electron chi connectivity index (χ3n) is 5.41. The monoisotopic (exact) mass is 431 g/mol. The summed E-state index contributed by atoms with van der Waals surface area (Å²) in [5, 5.41) is 7.14. The highest BCUT2D eigenvalue weighted by atomic mass is 16.5. The van der Waals surface area contributed by atoms with E-state index in [0.717, 1.165) is 48.6 Å². The Balaban J connectivity index is 1.36. The number of nitrogens with zero attached hydrogens (tertiary/aromatic N) is 4. The number of nitrogens with one attached hydrogen (secondary N) is 1. The quantitative estimate of drug-likeness (QED) is 0.602. The lowest BCUT2D eigenvalue weighted by atomic mass is 10.0. The van der Waals surface area contributed by atoms with Gasteiger partial charge in [-0.05, 0) is 49.2 Å². The van der Waals surface area contributed by atoms with Crippen molar-refractivity contribution >= 4 is 17.7 Å². The molecule has 7 nitrogen and oxygen atoms in total. The van der Waals surface area contributed by atoms with Gasteiger partial charge in [0, 0.05) is 68.2 Å². The van der Waals surface area contributed by atoms with Gasteiger partial charge >= 0.3 is 0 Å². The molecule has 0 unspecified atom stereocenters. The normalized spacial score (nSPS) is 16.3. The Kier molecular flexibility index (Phi) is 6.48. The van der Waals surface area contributed by atoms with Gasteiger partial charge in [-0.25, -0.2) is 0 Å². The molecule has 7 heteroatoms. The van der Waals surface area contributed by atoms with Gasteiger partial charge in [-0.1, -0.05) is 12.1 Å². The van der Waals surface area contributed by atoms with Crippen LogP contribution in [0.3, 0.4) is 0 Å². The van der Waals surface area contributed by atoms with E-state index >= 15 is 0 Å². The molecule has 1 N–H and O–H groups in total. The maximum absolute atomic E-state index is 12.5. The van der Waals surface area contributed by atoms with Crippen molar-refractivity contribution in [1.29, 1.82) is 0 Å². The summed E-state index contributed by atoms with van der Waals surface area (Å²) in [6.07, 6.45) is 10.5. The molecule has 1 aliphatic rings. The second-order valence-electron chi connectivity index (χ2n) is 8.70. The molecule has 4 rings (SSSR count). The molecule has 1 amide bonds. The Bertz CT molecular complexity index is 1100. The van der Waals surface area contributed by atoms with Crippen LogP contribution in [0.25, 0.3) is 17.2 Å². The van der Waals surface area contributed by atoms with E-state index in [1.807, 2.05) is 31.4 Å². The van der Waals surface area contributed by atoms with Gasteiger partial charge in [0.1, 0.15) is 0 Å². The maximum Gasteiger partial charge on any atom is 0.248 e. The average molecular weight is 432 g/mol. The highest BCUT2D eigenvalue weighted by molar-refractivity contribution is 6.02. The number of anilines is 1. The molecule has 2 aromatic heterocycles. The van der Waals surface area contributed by atoms with Crippen LogP contribution in [0.15, 0.2) is 61.2 Å². The molecule has 3 aromatic rings. The van der Waals surface area contributed by atoms with Gasteiger partial charge in [0.05, 0.1) is 18.4 Å². The van der Waals surface area contributed by atoms with E-state index in [9.17, 15) is 4.79 Å². The topological polar surface area (TPSA) is 72.3 Å². The molecule has 166 valence electrons. The zero-order valence-electron chi connectivity index (χ0n) is 18.8. The summed E-state index contributed by atoms with van der Waals surface area (Å²) in [4.78, 5) is 19.0. The Morgan fingerprint density at radius 2 is 2.03 bits per heavy atom. The predicted molar refractivity (Wildman–Crippen MR) is 126 cm³/mol. The first-order valence-electron chi connectivity index (χ1n) is 10.8. The third kappa shape index (κ3) is 5.69. The molecule has 32 heavy (non-hydrogen) atoms. The molecule has 0 radical (unpaired) electrons. The van der Waals surface area contributed by atoms with Crippen LogP contribution < -0.4 is 5.32 Å². The summed E-state index contributed by atoms with van der Waals surface area (Å²) in [7, 11) is 1.88. The molecule has 1 aromatic carbocycles. The van der Waals surface area contributed by atoms with Crippen LogP contribution in [0.2, 0.25) is 0 Å². The Morgan fingerprint density at radius 3 is 2.75 bits per heavy atom. The summed E-state index contributed by atoms with van der Waals surface area (Å²) < 4.78 is 7.53. The number of aromatic nitrogens is 3. The molecule has 3 heterocycles. The van der Waals surface area contributed by atoms with Crippen molar-refractivity contribution in [3.05, 3.63) is 72.3 Å². The number of amides is 1. The molecule has 1 fully saturated rings. The van der Waals surface area contributed by atoms with Gasteiger partial charge in [-0.2, -0.15) is 5.10 Å². The van der Waals surface area contributed by atoms with Gasteiger partial charge in [0.2, 0.25) is 5.91 Å². The van der Waals surface area contributed by atoms with Crippen molar-refractivity contribution in [2.24, 2.45) is 7.05 Å². The minimum absolute atomic E-state index is 0.107. The van der Waals surface area contributed by atoms with E-state index in [2.05, 4.69) is 46.3 Å². The second-order valence-corrected chi connectivity index (χ2v) is 8.70. The molecule has 0 saturated carbocycles. The fourth-order valence-corrected chi connectivity index (χ4v) is 3.91. The summed E-state index contributed by atoms with van der Waals surface area (Å²) >= 11 is 0. The summed E-state index contributed by atoms with van der Waals surface area (Å²) in [6, 6.07) is 9.92. The first-order chi connectivity index (χ1) is 15.4. The number of pyridine rings is 1. The van der Waals surface area contributed by atoms with E-state index in [-0.39, 0.29) is 11.5 Å².